The zero-order valence-corrected chi connectivity index (χ0v) is 16.2. The molecule has 3 rings (SSSR count). The summed E-state index contributed by atoms with van der Waals surface area (Å²) in [7, 11) is 1.35. The Morgan fingerprint density at radius 1 is 1.04 bits per heavy atom. The van der Waals surface area contributed by atoms with Crippen molar-refractivity contribution in [1.82, 2.24) is 4.90 Å². The molecule has 2 fully saturated rings. The van der Waals surface area contributed by atoms with Gasteiger partial charge in [-0.25, -0.2) is 0 Å². The number of benzene rings is 1. The summed E-state index contributed by atoms with van der Waals surface area (Å²) in [5, 5.41) is 0. The average Bonchev–Trinajstić information content (AvgIpc) is 3.08. The van der Waals surface area contributed by atoms with Crippen LogP contribution in [0.5, 0.6) is 0 Å². The molecule has 7 nitrogen and oxygen atoms in total. The van der Waals surface area contributed by atoms with Crippen molar-refractivity contribution in [1.29, 1.82) is 0 Å². The maximum atomic E-state index is 12.2. The minimum Gasteiger partial charge on any atom is -0.469 e. The van der Waals surface area contributed by atoms with Crippen LogP contribution in [-0.4, -0.2) is 62.5 Å². The van der Waals surface area contributed by atoms with Crippen LogP contribution in [0.1, 0.15) is 20.3 Å². The van der Waals surface area contributed by atoms with E-state index in [4.69, 9.17) is 4.74 Å². The van der Waals surface area contributed by atoms with Crippen molar-refractivity contribution in [3.05, 3.63) is 24.3 Å². The molecule has 0 aliphatic carbocycles. The van der Waals surface area contributed by atoms with Crippen LogP contribution in [0.3, 0.4) is 0 Å². The van der Waals surface area contributed by atoms with Gasteiger partial charge in [0.15, 0.2) is 0 Å². The fourth-order valence-corrected chi connectivity index (χ4v) is 3.68. The average molecular weight is 373 g/mol. The lowest BCUT2D eigenvalue weighted by Gasteiger charge is -2.37. The van der Waals surface area contributed by atoms with Gasteiger partial charge in [0.1, 0.15) is 0 Å². The number of nitrogens with zero attached hydrogens (tertiary/aromatic N) is 3. The van der Waals surface area contributed by atoms with Crippen LogP contribution in [-0.2, 0) is 19.1 Å². The van der Waals surface area contributed by atoms with E-state index in [0.717, 1.165) is 37.6 Å². The highest BCUT2D eigenvalue weighted by Crippen LogP contribution is 2.28. The van der Waals surface area contributed by atoms with E-state index in [1.165, 1.54) is 7.11 Å². The first-order valence-electron chi connectivity index (χ1n) is 9.42. The van der Waals surface area contributed by atoms with Gasteiger partial charge in [-0.1, -0.05) is 13.8 Å². The second kappa shape index (κ2) is 7.98. The topological polar surface area (TPSA) is 70.2 Å². The molecule has 0 N–H and O–H groups in total. The molecule has 0 spiro atoms. The van der Waals surface area contributed by atoms with Crippen LogP contribution in [0.4, 0.5) is 11.4 Å². The van der Waals surface area contributed by atoms with Crippen molar-refractivity contribution in [3.63, 3.8) is 0 Å². The lowest BCUT2D eigenvalue weighted by Crippen LogP contribution is -2.49. The number of hydrogen-bond donors (Lipinski definition) is 0. The molecule has 0 unspecified atom stereocenters. The first kappa shape index (κ1) is 19.2. The van der Waals surface area contributed by atoms with E-state index in [0.29, 0.717) is 6.54 Å². The van der Waals surface area contributed by atoms with Crippen LogP contribution in [0, 0.1) is 11.8 Å². The van der Waals surface area contributed by atoms with Crippen molar-refractivity contribution in [2.45, 2.75) is 20.3 Å². The Morgan fingerprint density at radius 2 is 1.63 bits per heavy atom. The molecule has 2 heterocycles. The first-order chi connectivity index (χ1) is 12.9. The van der Waals surface area contributed by atoms with Gasteiger partial charge in [0.05, 0.1) is 13.0 Å². The van der Waals surface area contributed by atoms with Gasteiger partial charge in [-0.15, -0.1) is 0 Å². The molecule has 7 heteroatoms. The van der Waals surface area contributed by atoms with E-state index in [-0.39, 0.29) is 30.1 Å². The summed E-state index contributed by atoms with van der Waals surface area (Å²) in [6.07, 6.45) is 0.195. The molecule has 2 saturated heterocycles. The van der Waals surface area contributed by atoms with E-state index >= 15 is 0 Å². The summed E-state index contributed by atoms with van der Waals surface area (Å²) in [4.78, 5) is 41.8. The molecule has 0 saturated carbocycles. The number of carbonyl (C=O) groups is 3. The number of anilines is 2. The normalized spacial score (nSPS) is 20.4. The predicted molar refractivity (Wildman–Crippen MR) is 103 cm³/mol. The summed E-state index contributed by atoms with van der Waals surface area (Å²) >= 11 is 0. The zero-order chi connectivity index (χ0) is 19.6. The third-order valence-electron chi connectivity index (χ3n) is 5.27. The van der Waals surface area contributed by atoms with Gasteiger partial charge in [0.2, 0.25) is 11.8 Å². The smallest absolute Gasteiger partial charge is 0.311 e. The summed E-state index contributed by atoms with van der Waals surface area (Å²) in [6.45, 7) is 7.26. The van der Waals surface area contributed by atoms with Crippen LogP contribution in [0.2, 0.25) is 0 Å². The molecular weight excluding hydrogens is 346 g/mol. The van der Waals surface area contributed by atoms with Crippen LogP contribution in [0.25, 0.3) is 0 Å². The van der Waals surface area contributed by atoms with Gasteiger partial charge in [0.25, 0.3) is 0 Å². The van der Waals surface area contributed by atoms with Crippen molar-refractivity contribution < 1.29 is 19.1 Å². The molecule has 2 aliphatic heterocycles. The number of piperazine rings is 1. The molecule has 146 valence electrons. The number of amides is 2. The molecule has 1 atom stereocenters. The second-order valence-electron chi connectivity index (χ2n) is 7.41. The Morgan fingerprint density at radius 3 is 2.19 bits per heavy atom. The summed E-state index contributed by atoms with van der Waals surface area (Å²) < 4.78 is 4.75. The standard InChI is InChI=1S/C20H27N3O4/c1-14(2)19(25)22-10-8-21(9-11-22)16-4-6-17(7-5-16)23-13-15(12-18(23)24)20(26)27-3/h4-7,14-15H,8-13H2,1-3H3/t15-/m0/s1. The first-order valence-corrected chi connectivity index (χ1v) is 9.42. The molecule has 0 radical (unpaired) electrons. The van der Waals surface area contributed by atoms with Crippen molar-refractivity contribution in [3.8, 4) is 0 Å². The number of carbonyl (C=O) groups excluding carboxylic acids is 3. The third-order valence-corrected chi connectivity index (χ3v) is 5.27. The number of hydrogen-bond acceptors (Lipinski definition) is 5. The quantitative estimate of drug-likeness (QED) is 0.749. The predicted octanol–water partition coefficient (Wildman–Crippen LogP) is 1.52. The number of methoxy groups -OCH3 is 1. The van der Waals surface area contributed by atoms with E-state index < -0.39 is 5.92 Å². The second-order valence-corrected chi connectivity index (χ2v) is 7.41. The fraction of sp³-hybridized carbons (Fsp3) is 0.550. The van der Waals surface area contributed by atoms with Gasteiger partial charge in [-0.3, -0.25) is 14.4 Å². The fourth-order valence-electron chi connectivity index (χ4n) is 3.68. The van der Waals surface area contributed by atoms with Crippen LogP contribution in [0.15, 0.2) is 24.3 Å². The van der Waals surface area contributed by atoms with Crippen molar-refractivity contribution >= 4 is 29.2 Å². The third kappa shape index (κ3) is 4.07. The lowest BCUT2D eigenvalue weighted by atomic mass is 10.1. The van der Waals surface area contributed by atoms with E-state index in [1.807, 2.05) is 43.0 Å². The summed E-state index contributed by atoms with van der Waals surface area (Å²) in [6, 6.07) is 7.82. The molecule has 0 aromatic heterocycles. The minimum absolute atomic E-state index is 0.0302. The Bertz CT molecular complexity index is 708. The maximum absolute atomic E-state index is 12.2. The molecule has 1 aromatic carbocycles. The molecular formula is C20H27N3O4. The van der Waals surface area contributed by atoms with Crippen molar-refractivity contribution in [2.24, 2.45) is 11.8 Å². The molecule has 2 amide bonds. The molecule has 1 aromatic rings. The number of ether oxygens (including phenoxy) is 1. The van der Waals surface area contributed by atoms with Crippen LogP contribution < -0.4 is 9.80 Å². The van der Waals surface area contributed by atoms with Gasteiger partial charge >= 0.3 is 5.97 Å². The van der Waals surface area contributed by atoms with Crippen LogP contribution >= 0.6 is 0 Å². The van der Waals surface area contributed by atoms with Gasteiger partial charge in [0, 0.05) is 56.4 Å². The van der Waals surface area contributed by atoms with Gasteiger partial charge < -0.3 is 19.4 Å². The molecule has 2 aliphatic rings. The largest absolute Gasteiger partial charge is 0.469 e. The van der Waals surface area contributed by atoms with Gasteiger partial charge in [-0.05, 0) is 24.3 Å². The highest BCUT2D eigenvalue weighted by molar-refractivity contribution is 5.99. The highest BCUT2D eigenvalue weighted by Gasteiger charge is 2.35. The van der Waals surface area contributed by atoms with E-state index in [2.05, 4.69) is 4.90 Å². The van der Waals surface area contributed by atoms with Crippen molar-refractivity contribution in [2.75, 3.05) is 49.6 Å². The van der Waals surface area contributed by atoms with Gasteiger partial charge in [-0.2, -0.15) is 0 Å². The Balaban J connectivity index is 1.61. The summed E-state index contributed by atoms with van der Waals surface area (Å²) in [5.74, 6) is -0.552. The highest BCUT2D eigenvalue weighted by atomic mass is 16.5. The number of esters is 1. The minimum atomic E-state index is -0.395. The zero-order valence-electron chi connectivity index (χ0n) is 16.2. The van der Waals surface area contributed by atoms with E-state index in [1.54, 1.807) is 4.90 Å². The SMILES string of the molecule is COC(=O)[C@H]1CC(=O)N(c2ccc(N3CCN(C(=O)C(C)C)CC3)cc2)C1. The molecule has 27 heavy (non-hydrogen) atoms. The van der Waals surface area contributed by atoms with E-state index in [9.17, 15) is 14.4 Å². The Kier molecular flexibility index (Phi) is 5.68. The lowest BCUT2D eigenvalue weighted by molar-refractivity contribution is -0.145. The Hall–Kier alpha value is -2.57. The monoisotopic (exact) mass is 373 g/mol. The maximum Gasteiger partial charge on any atom is 0.311 e. The summed E-state index contributed by atoms with van der Waals surface area (Å²) in [5.41, 5.74) is 1.87. The molecule has 0 bridgehead atoms. The number of rotatable bonds is 4. The Labute approximate surface area is 159 Å².